The van der Waals surface area contributed by atoms with Crippen LogP contribution in [-0.4, -0.2) is 28.8 Å². The molecule has 0 saturated carbocycles. The van der Waals surface area contributed by atoms with E-state index in [9.17, 15) is 4.79 Å². The van der Waals surface area contributed by atoms with Gasteiger partial charge in [0.25, 0.3) is 5.91 Å². The van der Waals surface area contributed by atoms with Crippen LogP contribution in [0.4, 0.5) is 0 Å². The normalized spacial score (nSPS) is 17.9. The van der Waals surface area contributed by atoms with Gasteiger partial charge in [-0.1, -0.05) is 12.1 Å². The van der Waals surface area contributed by atoms with E-state index in [0.29, 0.717) is 12.5 Å². The van der Waals surface area contributed by atoms with Gasteiger partial charge in [-0.3, -0.25) is 9.48 Å². The second-order valence-electron chi connectivity index (χ2n) is 6.25. The lowest BCUT2D eigenvalue weighted by molar-refractivity contribution is 0.0950. The fourth-order valence-corrected chi connectivity index (χ4v) is 3.17. The van der Waals surface area contributed by atoms with Crippen LogP contribution in [0, 0.1) is 6.92 Å². The summed E-state index contributed by atoms with van der Waals surface area (Å²) in [5.41, 5.74) is 3.94. The Bertz CT molecular complexity index is 686. The third kappa shape index (κ3) is 3.79. The summed E-state index contributed by atoms with van der Waals surface area (Å²) < 4.78 is 1.81. The number of aromatic nitrogens is 2. The zero-order valence-corrected chi connectivity index (χ0v) is 13.8. The van der Waals surface area contributed by atoms with Crippen molar-refractivity contribution in [3.05, 3.63) is 52.8 Å². The van der Waals surface area contributed by atoms with E-state index >= 15 is 0 Å². The van der Waals surface area contributed by atoms with E-state index in [4.69, 9.17) is 0 Å². The van der Waals surface area contributed by atoms with Gasteiger partial charge in [0.15, 0.2) is 0 Å². The fraction of sp³-hybridized carbons (Fsp3) is 0.444. The lowest BCUT2D eigenvalue weighted by Gasteiger charge is -2.23. The molecule has 1 aromatic heterocycles. The van der Waals surface area contributed by atoms with Gasteiger partial charge in [-0.05, 0) is 56.0 Å². The summed E-state index contributed by atoms with van der Waals surface area (Å²) in [4.78, 5) is 12.4. The Morgan fingerprint density at radius 2 is 2.30 bits per heavy atom. The zero-order chi connectivity index (χ0) is 16.2. The van der Waals surface area contributed by atoms with Crippen molar-refractivity contribution in [2.24, 2.45) is 7.05 Å². The SMILES string of the molecule is Cc1cc(CNC(=O)c2cccc(C3CCCNC3)c2)n(C)n1. The molecule has 0 spiro atoms. The van der Waals surface area contributed by atoms with Crippen molar-refractivity contribution in [1.29, 1.82) is 0 Å². The monoisotopic (exact) mass is 312 g/mol. The first-order valence-corrected chi connectivity index (χ1v) is 8.22. The molecule has 1 aromatic carbocycles. The molecule has 1 aliphatic rings. The summed E-state index contributed by atoms with van der Waals surface area (Å²) >= 11 is 0. The number of benzene rings is 1. The average molecular weight is 312 g/mol. The van der Waals surface area contributed by atoms with Gasteiger partial charge in [-0.25, -0.2) is 0 Å². The molecule has 2 aromatic rings. The first-order chi connectivity index (χ1) is 11.1. The van der Waals surface area contributed by atoms with E-state index in [1.54, 1.807) is 4.68 Å². The van der Waals surface area contributed by atoms with Crippen molar-refractivity contribution in [3.63, 3.8) is 0 Å². The molecule has 23 heavy (non-hydrogen) atoms. The minimum Gasteiger partial charge on any atom is -0.346 e. The molecular formula is C18H24N4O. The van der Waals surface area contributed by atoms with Crippen molar-refractivity contribution in [3.8, 4) is 0 Å². The standard InChI is InChI=1S/C18H24N4O/c1-13-9-17(22(2)21-13)12-20-18(23)15-6-3-5-14(10-15)16-7-4-8-19-11-16/h3,5-6,9-10,16,19H,4,7-8,11-12H2,1-2H3,(H,20,23). The van der Waals surface area contributed by atoms with Crippen LogP contribution in [0.25, 0.3) is 0 Å². The molecule has 5 heteroatoms. The van der Waals surface area contributed by atoms with Crippen LogP contribution in [0.5, 0.6) is 0 Å². The number of aryl methyl sites for hydroxylation is 2. The first-order valence-electron chi connectivity index (χ1n) is 8.22. The summed E-state index contributed by atoms with van der Waals surface area (Å²) in [5, 5.41) is 10.7. The van der Waals surface area contributed by atoms with Gasteiger partial charge in [-0.2, -0.15) is 5.10 Å². The van der Waals surface area contributed by atoms with Gasteiger partial charge >= 0.3 is 0 Å². The molecule has 1 aliphatic heterocycles. The minimum atomic E-state index is -0.0329. The van der Waals surface area contributed by atoms with Crippen LogP contribution in [0.1, 0.15) is 46.1 Å². The Morgan fingerprint density at radius 3 is 3.00 bits per heavy atom. The van der Waals surface area contributed by atoms with Crippen LogP contribution in [0.2, 0.25) is 0 Å². The molecule has 0 aliphatic carbocycles. The summed E-state index contributed by atoms with van der Waals surface area (Å²) in [6.07, 6.45) is 2.38. The Kier molecular flexibility index (Phi) is 4.76. The maximum absolute atomic E-state index is 12.4. The topological polar surface area (TPSA) is 59.0 Å². The second-order valence-corrected chi connectivity index (χ2v) is 6.25. The largest absolute Gasteiger partial charge is 0.346 e. The molecule has 1 amide bonds. The number of nitrogens with zero attached hydrogens (tertiary/aromatic N) is 2. The molecule has 0 radical (unpaired) electrons. The average Bonchev–Trinajstić information content (AvgIpc) is 2.91. The van der Waals surface area contributed by atoms with Crippen molar-refractivity contribution >= 4 is 5.91 Å². The van der Waals surface area contributed by atoms with Gasteiger partial charge < -0.3 is 10.6 Å². The maximum Gasteiger partial charge on any atom is 0.251 e. The highest BCUT2D eigenvalue weighted by Crippen LogP contribution is 2.23. The molecule has 1 atom stereocenters. The third-order valence-electron chi connectivity index (χ3n) is 4.45. The maximum atomic E-state index is 12.4. The number of hydrogen-bond acceptors (Lipinski definition) is 3. The van der Waals surface area contributed by atoms with E-state index in [0.717, 1.165) is 30.0 Å². The van der Waals surface area contributed by atoms with Crippen molar-refractivity contribution in [1.82, 2.24) is 20.4 Å². The highest BCUT2D eigenvalue weighted by atomic mass is 16.1. The van der Waals surface area contributed by atoms with E-state index in [2.05, 4.69) is 21.8 Å². The number of hydrogen-bond donors (Lipinski definition) is 2. The molecule has 122 valence electrons. The second kappa shape index (κ2) is 6.96. The Balaban J connectivity index is 1.66. The lowest BCUT2D eigenvalue weighted by Crippen LogP contribution is -2.28. The number of rotatable bonds is 4. The van der Waals surface area contributed by atoms with Crippen LogP contribution in [0.3, 0.4) is 0 Å². The van der Waals surface area contributed by atoms with Gasteiger partial charge in [0.2, 0.25) is 0 Å². The van der Waals surface area contributed by atoms with Crippen molar-refractivity contribution in [2.75, 3.05) is 13.1 Å². The lowest BCUT2D eigenvalue weighted by atomic mass is 9.90. The molecule has 1 fully saturated rings. The van der Waals surface area contributed by atoms with Gasteiger partial charge in [0, 0.05) is 19.2 Å². The number of piperidine rings is 1. The first kappa shape index (κ1) is 15.7. The Labute approximate surface area is 137 Å². The molecular weight excluding hydrogens is 288 g/mol. The molecule has 1 unspecified atom stereocenters. The van der Waals surface area contributed by atoms with E-state index in [-0.39, 0.29) is 5.91 Å². The molecule has 3 rings (SSSR count). The zero-order valence-electron chi connectivity index (χ0n) is 13.8. The Morgan fingerprint density at radius 1 is 1.43 bits per heavy atom. The predicted molar refractivity (Wildman–Crippen MR) is 90.4 cm³/mol. The molecule has 0 bridgehead atoms. The van der Waals surface area contributed by atoms with Crippen molar-refractivity contribution < 1.29 is 4.79 Å². The smallest absolute Gasteiger partial charge is 0.251 e. The predicted octanol–water partition coefficient (Wildman–Crippen LogP) is 2.13. The quantitative estimate of drug-likeness (QED) is 0.909. The van der Waals surface area contributed by atoms with Crippen LogP contribution >= 0.6 is 0 Å². The molecule has 2 N–H and O–H groups in total. The van der Waals surface area contributed by atoms with Crippen LogP contribution < -0.4 is 10.6 Å². The van der Waals surface area contributed by atoms with E-state index in [1.165, 1.54) is 18.4 Å². The number of amides is 1. The van der Waals surface area contributed by atoms with Crippen molar-refractivity contribution in [2.45, 2.75) is 32.2 Å². The molecule has 2 heterocycles. The minimum absolute atomic E-state index is 0.0329. The number of carbonyl (C=O) groups excluding carboxylic acids is 1. The number of carbonyl (C=O) groups is 1. The van der Waals surface area contributed by atoms with Gasteiger partial charge in [0.05, 0.1) is 17.9 Å². The van der Waals surface area contributed by atoms with E-state index < -0.39 is 0 Å². The highest BCUT2D eigenvalue weighted by Gasteiger charge is 2.16. The number of nitrogens with one attached hydrogen (secondary N) is 2. The highest BCUT2D eigenvalue weighted by molar-refractivity contribution is 5.94. The molecule has 5 nitrogen and oxygen atoms in total. The summed E-state index contributed by atoms with van der Waals surface area (Å²) in [6, 6.07) is 10.0. The summed E-state index contributed by atoms with van der Waals surface area (Å²) in [6.45, 7) is 4.54. The Hall–Kier alpha value is -2.14. The third-order valence-corrected chi connectivity index (χ3v) is 4.45. The van der Waals surface area contributed by atoms with E-state index in [1.807, 2.05) is 38.2 Å². The van der Waals surface area contributed by atoms with Crippen LogP contribution in [-0.2, 0) is 13.6 Å². The van der Waals surface area contributed by atoms with Crippen LogP contribution in [0.15, 0.2) is 30.3 Å². The summed E-state index contributed by atoms with van der Waals surface area (Å²) in [7, 11) is 1.89. The molecule has 1 saturated heterocycles. The summed E-state index contributed by atoms with van der Waals surface area (Å²) in [5.74, 6) is 0.477. The van der Waals surface area contributed by atoms with Gasteiger partial charge in [-0.15, -0.1) is 0 Å². The van der Waals surface area contributed by atoms with Gasteiger partial charge in [0.1, 0.15) is 0 Å². The fourth-order valence-electron chi connectivity index (χ4n) is 3.17.